The molecule has 0 saturated carbocycles. The first kappa shape index (κ1) is 20.6. The molecule has 22 heavy (non-hydrogen) atoms. The Kier molecular flexibility index (Phi) is 9.68. The fraction of sp³-hybridized carbons (Fsp3) is 0.353. The van der Waals surface area contributed by atoms with Crippen LogP contribution < -0.4 is 0 Å². The van der Waals surface area contributed by atoms with Gasteiger partial charge in [0, 0.05) is 5.02 Å². The molecule has 0 fully saturated rings. The van der Waals surface area contributed by atoms with Gasteiger partial charge in [-0.2, -0.15) is 0 Å². The average Bonchev–Trinajstić information content (AvgIpc) is 2.41. The number of benzene rings is 1. The SMILES string of the molecule is CC(=O)/C(C)=C/c1ccc(Cl)cc1.[B]C(C)C([B])OC(=C)C. The Bertz CT molecular complexity index is 522. The van der Waals surface area contributed by atoms with Crippen LogP contribution in [-0.2, 0) is 9.53 Å². The van der Waals surface area contributed by atoms with Crippen molar-refractivity contribution in [3.05, 3.63) is 52.8 Å². The van der Waals surface area contributed by atoms with Crippen LogP contribution in [0.5, 0.6) is 0 Å². The molecule has 1 rings (SSSR count). The lowest BCUT2D eigenvalue weighted by atomic mass is 9.75. The van der Waals surface area contributed by atoms with E-state index in [1.54, 1.807) is 39.8 Å². The van der Waals surface area contributed by atoms with Gasteiger partial charge in [-0.3, -0.25) is 4.79 Å². The summed E-state index contributed by atoms with van der Waals surface area (Å²) in [5.41, 5.74) is 1.75. The maximum absolute atomic E-state index is 10.9. The minimum absolute atomic E-state index is 0.0925. The highest BCUT2D eigenvalue weighted by molar-refractivity contribution is 6.30. The molecule has 114 valence electrons. The highest BCUT2D eigenvalue weighted by Gasteiger charge is 2.05. The predicted octanol–water partition coefficient (Wildman–Crippen LogP) is 4.34. The summed E-state index contributed by atoms with van der Waals surface area (Å²) in [5.74, 6) is 0.538. The Morgan fingerprint density at radius 2 is 1.73 bits per heavy atom. The number of hydrogen-bond acceptors (Lipinski definition) is 2. The smallest absolute Gasteiger partial charge is 0.155 e. The zero-order chi connectivity index (χ0) is 17.3. The van der Waals surface area contributed by atoms with Crippen molar-refractivity contribution < 1.29 is 9.53 Å². The van der Waals surface area contributed by atoms with Crippen LogP contribution in [-0.4, -0.2) is 27.5 Å². The molecule has 0 aliphatic carbocycles. The zero-order valence-electron chi connectivity index (χ0n) is 13.6. The number of carbonyl (C=O) groups excluding carboxylic acids is 1. The first-order valence-corrected chi connectivity index (χ1v) is 7.29. The molecule has 1 aromatic rings. The number of ketones is 1. The monoisotopic (exact) mass is 314 g/mol. The molecule has 0 heterocycles. The molecule has 2 atom stereocenters. The summed E-state index contributed by atoms with van der Waals surface area (Å²) >= 11 is 5.72. The molecule has 0 saturated heterocycles. The van der Waals surface area contributed by atoms with E-state index >= 15 is 0 Å². The van der Waals surface area contributed by atoms with Gasteiger partial charge in [-0.15, -0.1) is 0 Å². The lowest BCUT2D eigenvalue weighted by molar-refractivity contribution is -0.113. The van der Waals surface area contributed by atoms with E-state index < -0.39 is 6.00 Å². The molecule has 0 spiro atoms. The second-order valence-electron chi connectivity index (χ2n) is 5.08. The molecular weight excluding hydrogens is 293 g/mol. The molecule has 1 aromatic carbocycles. The van der Waals surface area contributed by atoms with E-state index in [1.165, 1.54) is 0 Å². The molecule has 0 aromatic heterocycles. The summed E-state index contributed by atoms with van der Waals surface area (Å²) in [6.07, 6.45) is 1.85. The number of halogens is 1. The van der Waals surface area contributed by atoms with Crippen LogP contribution in [0.4, 0.5) is 0 Å². The minimum Gasteiger partial charge on any atom is -0.506 e. The highest BCUT2D eigenvalue weighted by atomic mass is 35.5. The van der Waals surface area contributed by atoms with Crippen LogP contribution in [0.1, 0.15) is 33.3 Å². The Morgan fingerprint density at radius 3 is 2.05 bits per heavy atom. The van der Waals surface area contributed by atoms with E-state index in [0.29, 0.717) is 10.8 Å². The van der Waals surface area contributed by atoms with E-state index in [0.717, 1.165) is 11.1 Å². The second kappa shape index (κ2) is 10.3. The van der Waals surface area contributed by atoms with Gasteiger partial charge in [0.15, 0.2) is 5.78 Å². The van der Waals surface area contributed by atoms with Gasteiger partial charge >= 0.3 is 0 Å². The largest absolute Gasteiger partial charge is 0.506 e. The first-order valence-electron chi connectivity index (χ1n) is 6.91. The molecule has 0 aliphatic rings. The Balaban J connectivity index is 0.000000433. The fourth-order valence-corrected chi connectivity index (χ4v) is 1.38. The summed E-state index contributed by atoms with van der Waals surface area (Å²) in [6, 6.07) is 6.95. The number of allylic oxidation sites excluding steroid dienone is 2. The fourth-order valence-electron chi connectivity index (χ4n) is 1.25. The number of ether oxygens (including phenoxy) is 1. The van der Waals surface area contributed by atoms with Gasteiger partial charge < -0.3 is 4.74 Å². The van der Waals surface area contributed by atoms with Crippen molar-refractivity contribution in [1.29, 1.82) is 0 Å². The third-order valence-electron chi connectivity index (χ3n) is 2.66. The lowest BCUT2D eigenvalue weighted by Crippen LogP contribution is -2.16. The third kappa shape index (κ3) is 9.51. The van der Waals surface area contributed by atoms with E-state index in [1.807, 2.05) is 18.2 Å². The first-order chi connectivity index (χ1) is 10.1. The van der Waals surface area contributed by atoms with Gasteiger partial charge in [0.1, 0.15) is 7.85 Å². The van der Waals surface area contributed by atoms with Crippen LogP contribution in [0.15, 0.2) is 42.2 Å². The van der Waals surface area contributed by atoms with Crippen molar-refractivity contribution in [1.82, 2.24) is 0 Å². The van der Waals surface area contributed by atoms with E-state index in [9.17, 15) is 4.79 Å². The number of Topliss-reactive ketones (excluding diaryl/α,β-unsaturated/α-hetero) is 1. The lowest BCUT2D eigenvalue weighted by Gasteiger charge is -2.18. The summed E-state index contributed by atoms with van der Waals surface area (Å²) in [5, 5.41) is 0.706. The highest BCUT2D eigenvalue weighted by Crippen LogP contribution is 2.12. The summed E-state index contributed by atoms with van der Waals surface area (Å²) in [4.78, 5) is 10.9. The maximum atomic E-state index is 10.9. The van der Waals surface area contributed by atoms with Gasteiger partial charge in [0.25, 0.3) is 0 Å². The van der Waals surface area contributed by atoms with Crippen molar-refractivity contribution in [3.63, 3.8) is 0 Å². The number of carbonyl (C=O) groups is 1. The van der Waals surface area contributed by atoms with Gasteiger partial charge in [-0.25, -0.2) is 0 Å². The summed E-state index contributed by atoms with van der Waals surface area (Å²) in [7, 11) is 10.8. The number of rotatable bonds is 5. The molecule has 4 radical (unpaired) electrons. The quantitative estimate of drug-likeness (QED) is 0.459. The van der Waals surface area contributed by atoms with Crippen molar-refractivity contribution >= 4 is 39.2 Å². The molecule has 2 unspecified atom stereocenters. The molecule has 2 nitrogen and oxygen atoms in total. The van der Waals surface area contributed by atoms with Crippen LogP contribution in [0.25, 0.3) is 6.08 Å². The molecule has 0 amide bonds. The van der Waals surface area contributed by atoms with Crippen molar-refractivity contribution in [2.75, 3.05) is 0 Å². The van der Waals surface area contributed by atoms with Gasteiger partial charge in [0.05, 0.1) is 19.6 Å². The maximum Gasteiger partial charge on any atom is 0.155 e. The number of hydrogen-bond donors (Lipinski definition) is 0. The molecular formula is C17H21B2ClO2. The van der Waals surface area contributed by atoms with Crippen molar-refractivity contribution in [2.24, 2.45) is 0 Å². The molecule has 0 N–H and O–H groups in total. The zero-order valence-corrected chi connectivity index (χ0v) is 14.4. The van der Waals surface area contributed by atoms with Crippen LogP contribution in [0.3, 0.4) is 0 Å². The Hall–Kier alpha value is -1.41. The summed E-state index contributed by atoms with van der Waals surface area (Å²) < 4.78 is 4.97. The average molecular weight is 314 g/mol. The van der Waals surface area contributed by atoms with E-state index in [-0.39, 0.29) is 11.6 Å². The van der Waals surface area contributed by atoms with E-state index in [4.69, 9.17) is 32.0 Å². The van der Waals surface area contributed by atoms with Crippen molar-refractivity contribution in [3.8, 4) is 0 Å². The molecule has 5 heteroatoms. The van der Waals surface area contributed by atoms with Gasteiger partial charge in [-0.1, -0.05) is 43.1 Å². The van der Waals surface area contributed by atoms with Gasteiger partial charge in [0.2, 0.25) is 0 Å². The minimum atomic E-state index is -0.428. The van der Waals surface area contributed by atoms with Crippen molar-refractivity contribution in [2.45, 2.75) is 39.5 Å². The normalized spacial score (nSPS) is 13.4. The standard InChI is InChI=1S/C11H11ClO.C6H10B2O/c1-8(9(2)13)7-10-3-5-11(12)6-4-10;1-4(2)9-6(8)5(3)7/h3-7H,1-2H3;5-6H,1H2,2-3H3/b8-7+;. The topological polar surface area (TPSA) is 26.3 Å². The van der Waals surface area contributed by atoms with Crippen LogP contribution >= 0.6 is 11.6 Å². The van der Waals surface area contributed by atoms with Crippen LogP contribution in [0.2, 0.25) is 10.8 Å². The molecule has 0 aliphatic heterocycles. The Labute approximate surface area is 141 Å². The third-order valence-corrected chi connectivity index (χ3v) is 2.92. The van der Waals surface area contributed by atoms with Gasteiger partial charge in [-0.05, 0) is 50.1 Å². The summed E-state index contributed by atoms with van der Waals surface area (Å²) in [6.45, 7) is 10.4. The second-order valence-corrected chi connectivity index (χ2v) is 5.52. The molecule has 0 bridgehead atoms. The predicted molar refractivity (Wildman–Crippen MR) is 96.4 cm³/mol. The van der Waals surface area contributed by atoms with E-state index in [2.05, 4.69) is 6.58 Å². The van der Waals surface area contributed by atoms with Crippen LogP contribution in [0, 0.1) is 0 Å². The Morgan fingerprint density at radius 1 is 1.23 bits per heavy atom.